The molecule has 1 aliphatic carbocycles. The molecule has 0 atom stereocenters. The maximum Gasteiger partial charge on any atom is -0.0260 e. The smallest absolute Gasteiger partial charge is 0.0260 e. The van der Waals surface area contributed by atoms with Gasteiger partial charge < -0.3 is 0 Å². The van der Waals surface area contributed by atoms with Crippen molar-refractivity contribution in [2.24, 2.45) is 5.92 Å². The summed E-state index contributed by atoms with van der Waals surface area (Å²) >= 11 is 0. The van der Waals surface area contributed by atoms with Crippen molar-refractivity contribution in [1.29, 1.82) is 0 Å². The molecular formula is C17H28. The van der Waals surface area contributed by atoms with E-state index in [9.17, 15) is 0 Å². The van der Waals surface area contributed by atoms with Gasteiger partial charge in [-0.3, -0.25) is 0 Å². The van der Waals surface area contributed by atoms with Crippen LogP contribution in [0.25, 0.3) is 0 Å². The first-order valence-electron chi connectivity index (χ1n) is 7.13. The number of hydrogen-bond acceptors (Lipinski definition) is 0. The van der Waals surface area contributed by atoms with Crippen LogP contribution in [0.2, 0.25) is 0 Å². The molecule has 0 aromatic rings. The molecule has 0 spiro atoms. The van der Waals surface area contributed by atoms with Gasteiger partial charge in [0, 0.05) is 0 Å². The average Bonchev–Trinajstić information content (AvgIpc) is 2.31. The quantitative estimate of drug-likeness (QED) is 0.536. The third-order valence-corrected chi connectivity index (χ3v) is 3.86. The molecule has 1 rings (SSSR count). The van der Waals surface area contributed by atoms with E-state index in [2.05, 4.69) is 46.8 Å². The van der Waals surface area contributed by atoms with Gasteiger partial charge in [-0.2, -0.15) is 0 Å². The van der Waals surface area contributed by atoms with Crippen molar-refractivity contribution in [3.63, 3.8) is 0 Å². The van der Waals surface area contributed by atoms with Crippen molar-refractivity contribution in [2.75, 3.05) is 0 Å². The van der Waals surface area contributed by atoms with Crippen molar-refractivity contribution in [3.05, 3.63) is 34.4 Å². The molecular weight excluding hydrogens is 204 g/mol. The summed E-state index contributed by atoms with van der Waals surface area (Å²) in [5.74, 6) is 0.656. The second-order valence-electron chi connectivity index (χ2n) is 5.53. The highest BCUT2D eigenvalue weighted by molar-refractivity contribution is 5.40. The van der Waals surface area contributed by atoms with Crippen LogP contribution in [-0.4, -0.2) is 0 Å². The molecule has 0 N–H and O–H groups in total. The highest BCUT2D eigenvalue weighted by atomic mass is 14.2. The first kappa shape index (κ1) is 14.3. The summed E-state index contributed by atoms with van der Waals surface area (Å²) < 4.78 is 0. The predicted molar refractivity (Wildman–Crippen MR) is 78.1 cm³/mol. The SMILES string of the molecule is CCC(C1=CCCCC1)=C(C)C=C(C)C(C)C. The summed E-state index contributed by atoms with van der Waals surface area (Å²) in [6, 6.07) is 0. The molecule has 0 bridgehead atoms. The van der Waals surface area contributed by atoms with Gasteiger partial charge in [0.2, 0.25) is 0 Å². The molecule has 0 fully saturated rings. The van der Waals surface area contributed by atoms with Crippen molar-refractivity contribution < 1.29 is 0 Å². The van der Waals surface area contributed by atoms with E-state index in [0.717, 1.165) is 0 Å². The fourth-order valence-electron chi connectivity index (χ4n) is 2.47. The molecule has 0 radical (unpaired) electrons. The fraction of sp³-hybridized carbons (Fsp3) is 0.647. The zero-order valence-electron chi connectivity index (χ0n) is 12.3. The van der Waals surface area contributed by atoms with Crippen LogP contribution in [0.3, 0.4) is 0 Å². The molecule has 0 aromatic heterocycles. The van der Waals surface area contributed by atoms with Gasteiger partial charge in [-0.15, -0.1) is 0 Å². The Morgan fingerprint density at radius 3 is 2.47 bits per heavy atom. The molecule has 0 heterocycles. The van der Waals surface area contributed by atoms with Crippen LogP contribution < -0.4 is 0 Å². The largest absolute Gasteiger partial charge is 0.0810 e. The molecule has 0 saturated heterocycles. The Bertz CT molecular complexity index is 337. The van der Waals surface area contributed by atoms with Gasteiger partial charge in [-0.05, 0) is 68.6 Å². The van der Waals surface area contributed by atoms with E-state index >= 15 is 0 Å². The minimum atomic E-state index is 0.656. The van der Waals surface area contributed by atoms with Crippen molar-refractivity contribution >= 4 is 0 Å². The average molecular weight is 232 g/mol. The molecule has 0 aromatic carbocycles. The molecule has 17 heavy (non-hydrogen) atoms. The van der Waals surface area contributed by atoms with E-state index in [0.29, 0.717) is 5.92 Å². The van der Waals surface area contributed by atoms with E-state index in [4.69, 9.17) is 0 Å². The highest BCUT2D eigenvalue weighted by Gasteiger charge is 2.09. The number of rotatable bonds is 4. The molecule has 0 heteroatoms. The zero-order valence-corrected chi connectivity index (χ0v) is 12.3. The second-order valence-corrected chi connectivity index (χ2v) is 5.53. The lowest BCUT2D eigenvalue weighted by molar-refractivity contribution is 0.700. The van der Waals surface area contributed by atoms with Crippen molar-refractivity contribution in [3.8, 4) is 0 Å². The summed E-state index contributed by atoms with van der Waals surface area (Å²) in [6.45, 7) is 11.3. The third-order valence-electron chi connectivity index (χ3n) is 3.86. The molecule has 96 valence electrons. The monoisotopic (exact) mass is 232 g/mol. The van der Waals surface area contributed by atoms with Gasteiger partial charge in [0.15, 0.2) is 0 Å². The van der Waals surface area contributed by atoms with Crippen LogP contribution in [0.5, 0.6) is 0 Å². The first-order chi connectivity index (χ1) is 8.06. The van der Waals surface area contributed by atoms with Crippen molar-refractivity contribution in [1.82, 2.24) is 0 Å². The van der Waals surface area contributed by atoms with Gasteiger partial charge in [0.25, 0.3) is 0 Å². The Hall–Kier alpha value is -0.780. The van der Waals surface area contributed by atoms with Crippen LogP contribution in [0.1, 0.15) is 66.7 Å². The third kappa shape index (κ3) is 4.18. The van der Waals surface area contributed by atoms with Gasteiger partial charge in [0.1, 0.15) is 0 Å². The molecule has 0 aliphatic heterocycles. The van der Waals surface area contributed by atoms with Crippen LogP contribution in [0.4, 0.5) is 0 Å². The summed E-state index contributed by atoms with van der Waals surface area (Å²) in [6.07, 6.45) is 11.3. The molecule has 0 nitrogen and oxygen atoms in total. The fourth-order valence-corrected chi connectivity index (χ4v) is 2.47. The van der Waals surface area contributed by atoms with E-state index in [1.165, 1.54) is 43.3 Å². The molecule has 0 unspecified atom stereocenters. The number of hydrogen-bond donors (Lipinski definition) is 0. The van der Waals surface area contributed by atoms with Crippen LogP contribution >= 0.6 is 0 Å². The minimum Gasteiger partial charge on any atom is -0.0810 e. The van der Waals surface area contributed by atoms with E-state index < -0.39 is 0 Å². The normalized spacial score (nSPS) is 19.2. The van der Waals surface area contributed by atoms with Gasteiger partial charge >= 0.3 is 0 Å². The van der Waals surface area contributed by atoms with Crippen molar-refractivity contribution in [2.45, 2.75) is 66.7 Å². The Kier molecular flexibility index (Phi) is 5.74. The lowest BCUT2D eigenvalue weighted by Gasteiger charge is -2.17. The van der Waals surface area contributed by atoms with Gasteiger partial charge in [-0.25, -0.2) is 0 Å². The molecule has 0 saturated carbocycles. The number of allylic oxidation sites excluding steroid dienone is 6. The Morgan fingerprint density at radius 2 is 2.00 bits per heavy atom. The van der Waals surface area contributed by atoms with Gasteiger partial charge in [-0.1, -0.05) is 38.5 Å². The van der Waals surface area contributed by atoms with Gasteiger partial charge in [0.05, 0.1) is 0 Å². The van der Waals surface area contributed by atoms with E-state index in [-0.39, 0.29) is 0 Å². The molecule has 0 amide bonds. The predicted octanol–water partition coefficient (Wildman–Crippen LogP) is 5.82. The zero-order chi connectivity index (χ0) is 12.8. The summed E-state index contributed by atoms with van der Waals surface area (Å²) in [4.78, 5) is 0. The van der Waals surface area contributed by atoms with Crippen LogP contribution in [0, 0.1) is 5.92 Å². The Morgan fingerprint density at radius 1 is 1.29 bits per heavy atom. The highest BCUT2D eigenvalue weighted by Crippen LogP contribution is 2.29. The van der Waals surface area contributed by atoms with E-state index in [1.807, 2.05) is 0 Å². The molecule has 1 aliphatic rings. The summed E-state index contributed by atoms with van der Waals surface area (Å²) in [5, 5.41) is 0. The summed E-state index contributed by atoms with van der Waals surface area (Å²) in [5.41, 5.74) is 6.17. The standard InChI is InChI=1S/C17H28/c1-6-17(16-10-8-7-9-11-16)15(5)12-14(4)13(2)3/h10,12-13H,6-9,11H2,1-5H3. The lowest BCUT2D eigenvalue weighted by atomic mass is 9.88. The summed E-state index contributed by atoms with van der Waals surface area (Å²) in [7, 11) is 0. The van der Waals surface area contributed by atoms with E-state index in [1.54, 1.807) is 11.1 Å². The van der Waals surface area contributed by atoms with Crippen LogP contribution in [0.15, 0.2) is 34.4 Å². The first-order valence-corrected chi connectivity index (χ1v) is 7.13. The van der Waals surface area contributed by atoms with Crippen LogP contribution in [-0.2, 0) is 0 Å². The minimum absolute atomic E-state index is 0.656. The maximum atomic E-state index is 2.46. The Balaban J connectivity index is 2.97. The lowest BCUT2D eigenvalue weighted by Crippen LogP contribution is -1.98. The Labute approximate surface area is 108 Å². The maximum absolute atomic E-state index is 2.46. The second kappa shape index (κ2) is 6.83. The topological polar surface area (TPSA) is 0 Å².